The van der Waals surface area contributed by atoms with E-state index in [-0.39, 0.29) is 17.9 Å². The Morgan fingerprint density at radius 3 is 2.88 bits per heavy atom. The second-order valence-corrected chi connectivity index (χ2v) is 8.39. The van der Waals surface area contributed by atoms with E-state index in [0.717, 1.165) is 0 Å². The number of pyridine rings is 1. The molecule has 1 saturated heterocycles. The first-order valence-electron chi connectivity index (χ1n) is 10.7. The zero-order valence-corrected chi connectivity index (χ0v) is 19.3. The van der Waals surface area contributed by atoms with E-state index in [4.69, 9.17) is 16.3 Å². The number of anilines is 1. The zero-order chi connectivity index (χ0) is 24.5. The Morgan fingerprint density at radius 2 is 2.15 bits per heavy atom. The molecule has 3 aromatic heterocycles. The van der Waals surface area contributed by atoms with Crippen LogP contribution in [0.3, 0.4) is 0 Å². The fraction of sp³-hybridized carbons (Fsp3) is 0.409. The largest absolute Gasteiger partial charge is 0.464 e. The summed E-state index contributed by atoms with van der Waals surface area (Å²) in [6.45, 7) is 1.08. The first-order chi connectivity index (χ1) is 16.2. The molecule has 0 spiro atoms. The van der Waals surface area contributed by atoms with E-state index in [2.05, 4.69) is 25.3 Å². The van der Waals surface area contributed by atoms with E-state index in [1.54, 1.807) is 17.2 Å². The molecule has 1 aliphatic heterocycles. The number of fused-ring (bicyclic) bond motifs is 1. The number of nitrogens with zero attached hydrogens (tertiary/aromatic N) is 4. The minimum Gasteiger partial charge on any atom is -0.464 e. The van der Waals surface area contributed by atoms with Gasteiger partial charge >= 0.3 is 5.97 Å². The van der Waals surface area contributed by atoms with Crippen LogP contribution in [-0.4, -0.2) is 64.0 Å². The normalized spacial score (nSPS) is 16.1. The van der Waals surface area contributed by atoms with Crippen molar-refractivity contribution >= 4 is 40.3 Å². The number of ether oxygens (including phenoxy) is 1. The lowest BCUT2D eigenvalue weighted by molar-refractivity contribution is -0.124. The summed E-state index contributed by atoms with van der Waals surface area (Å²) in [7, 11) is 1.24. The highest BCUT2D eigenvalue weighted by atomic mass is 35.5. The molecule has 0 unspecified atom stereocenters. The third-order valence-corrected chi connectivity index (χ3v) is 5.94. The minimum atomic E-state index is -2.98. The van der Waals surface area contributed by atoms with Crippen molar-refractivity contribution in [3.63, 3.8) is 0 Å². The predicted octanol–water partition coefficient (Wildman–Crippen LogP) is 3.59. The molecule has 4 heterocycles. The Balaban J connectivity index is 1.71. The molecular weight excluding hydrogens is 470 g/mol. The lowest BCUT2D eigenvalue weighted by Gasteiger charge is -2.26. The predicted molar refractivity (Wildman–Crippen MR) is 122 cm³/mol. The van der Waals surface area contributed by atoms with Gasteiger partial charge in [0.2, 0.25) is 5.91 Å². The molecule has 12 heteroatoms. The molecule has 0 aliphatic carbocycles. The van der Waals surface area contributed by atoms with Crippen molar-refractivity contribution < 1.29 is 23.1 Å². The highest BCUT2D eigenvalue weighted by Crippen LogP contribution is 2.31. The summed E-state index contributed by atoms with van der Waals surface area (Å²) in [6.07, 6.45) is 3.89. The second kappa shape index (κ2) is 9.49. The maximum Gasteiger partial charge on any atom is 0.356 e. The number of esters is 1. The van der Waals surface area contributed by atoms with Crippen LogP contribution in [0.4, 0.5) is 14.6 Å². The quantitative estimate of drug-likeness (QED) is 0.484. The Morgan fingerprint density at radius 1 is 1.35 bits per heavy atom. The third kappa shape index (κ3) is 4.79. The zero-order valence-electron chi connectivity index (χ0n) is 18.6. The molecular formula is C22H23ClF2N6O3. The number of rotatable bonds is 7. The topological polar surface area (TPSA) is 113 Å². The number of carbonyl (C=O) groups excluding carboxylic acids is 2. The van der Waals surface area contributed by atoms with Crippen molar-refractivity contribution in [2.45, 2.75) is 38.2 Å². The molecule has 0 aromatic carbocycles. The number of hydrogen-bond acceptors (Lipinski definition) is 7. The van der Waals surface area contributed by atoms with Gasteiger partial charge < -0.3 is 19.9 Å². The summed E-state index contributed by atoms with van der Waals surface area (Å²) in [6, 6.07) is 2.42. The van der Waals surface area contributed by atoms with Gasteiger partial charge in [-0.25, -0.2) is 28.5 Å². The van der Waals surface area contributed by atoms with Gasteiger partial charge in [-0.1, -0.05) is 18.5 Å². The molecule has 1 amide bonds. The van der Waals surface area contributed by atoms with Crippen molar-refractivity contribution in [3.8, 4) is 11.4 Å². The number of aromatic amines is 1. The standard InChI is InChI=1S/C22H23ClF2N6O3/c1-3-22(24,25)11-28-20(32)16-5-4-6-31(16)17-8-15(21(33)34-2)29-19(30-17)14-10-27-18-13(14)7-12(23)9-26-18/h7-10,16H,3-6,11H2,1-2H3,(H,26,27)(H,28,32)/t16-/m1/s1. The number of amides is 1. The number of methoxy groups -OCH3 is 1. The summed E-state index contributed by atoms with van der Waals surface area (Å²) in [5.74, 6) is -3.66. The molecule has 0 saturated carbocycles. The lowest BCUT2D eigenvalue weighted by Crippen LogP contribution is -2.47. The van der Waals surface area contributed by atoms with Gasteiger partial charge in [0, 0.05) is 42.4 Å². The number of H-pyrrole nitrogens is 1. The summed E-state index contributed by atoms with van der Waals surface area (Å²) in [5, 5.41) is 3.41. The number of hydrogen-bond donors (Lipinski definition) is 2. The van der Waals surface area contributed by atoms with Crippen molar-refractivity contribution in [3.05, 3.63) is 35.2 Å². The van der Waals surface area contributed by atoms with Gasteiger partial charge in [-0.2, -0.15) is 0 Å². The molecule has 1 fully saturated rings. The monoisotopic (exact) mass is 492 g/mol. The highest BCUT2D eigenvalue weighted by molar-refractivity contribution is 6.31. The van der Waals surface area contributed by atoms with E-state index >= 15 is 0 Å². The summed E-state index contributed by atoms with van der Waals surface area (Å²) >= 11 is 6.10. The second-order valence-electron chi connectivity index (χ2n) is 7.96. The molecule has 9 nitrogen and oxygen atoms in total. The van der Waals surface area contributed by atoms with E-state index in [1.165, 1.54) is 26.3 Å². The number of carbonyl (C=O) groups is 2. The fourth-order valence-electron chi connectivity index (χ4n) is 3.85. The van der Waals surface area contributed by atoms with Crippen LogP contribution in [-0.2, 0) is 9.53 Å². The Labute approximate surface area is 198 Å². The van der Waals surface area contributed by atoms with Crippen molar-refractivity contribution in [2.75, 3.05) is 25.1 Å². The van der Waals surface area contributed by atoms with Gasteiger partial charge in [0.05, 0.1) is 18.7 Å². The van der Waals surface area contributed by atoms with Crippen LogP contribution in [0, 0.1) is 0 Å². The molecule has 34 heavy (non-hydrogen) atoms. The van der Waals surface area contributed by atoms with E-state index < -0.39 is 30.4 Å². The van der Waals surface area contributed by atoms with Crippen LogP contribution in [0.2, 0.25) is 5.02 Å². The number of alkyl halides is 2. The summed E-state index contributed by atoms with van der Waals surface area (Å²) in [5.41, 5.74) is 1.11. The van der Waals surface area contributed by atoms with Crippen LogP contribution in [0.15, 0.2) is 24.5 Å². The van der Waals surface area contributed by atoms with Crippen LogP contribution < -0.4 is 10.2 Å². The van der Waals surface area contributed by atoms with E-state index in [0.29, 0.717) is 46.8 Å². The van der Waals surface area contributed by atoms with Gasteiger partial charge in [0.25, 0.3) is 5.92 Å². The Hall–Kier alpha value is -3.34. The number of nitrogens with one attached hydrogen (secondary N) is 2. The van der Waals surface area contributed by atoms with Crippen LogP contribution in [0.1, 0.15) is 36.7 Å². The summed E-state index contributed by atoms with van der Waals surface area (Å²) < 4.78 is 32.1. The number of halogens is 3. The minimum absolute atomic E-state index is 0.00425. The van der Waals surface area contributed by atoms with Crippen LogP contribution >= 0.6 is 11.6 Å². The molecule has 1 atom stereocenters. The van der Waals surface area contributed by atoms with Gasteiger partial charge in [-0.3, -0.25) is 4.79 Å². The first kappa shape index (κ1) is 23.8. The average Bonchev–Trinajstić information content (AvgIpc) is 3.49. The van der Waals surface area contributed by atoms with Gasteiger partial charge in [-0.15, -0.1) is 0 Å². The Kier molecular flexibility index (Phi) is 6.65. The van der Waals surface area contributed by atoms with Crippen molar-refractivity contribution in [1.82, 2.24) is 25.3 Å². The molecule has 1 aliphatic rings. The average molecular weight is 493 g/mol. The lowest BCUT2D eigenvalue weighted by atomic mass is 10.2. The van der Waals surface area contributed by atoms with Crippen LogP contribution in [0.25, 0.3) is 22.4 Å². The molecule has 0 bridgehead atoms. The van der Waals surface area contributed by atoms with Gasteiger partial charge in [-0.05, 0) is 18.9 Å². The molecule has 4 rings (SSSR count). The van der Waals surface area contributed by atoms with Crippen molar-refractivity contribution in [2.24, 2.45) is 0 Å². The molecule has 180 valence electrons. The first-order valence-corrected chi connectivity index (χ1v) is 11.1. The SMILES string of the molecule is CCC(F)(F)CNC(=O)[C@H]1CCCN1c1cc(C(=O)OC)nc(-c2c[nH]c3ncc(Cl)cc23)n1. The fourth-order valence-corrected chi connectivity index (χ4v) is 4.00. The Bertz CT molecular complexity index is 1230. The van der Waals surface area contributed by atoms with E-state index in [1.807, 2.05) is 0 Å². The smallest absolute Gasteiger partial charge is 0.356 e. The molecule has 3 aromatic rings. The van der Waals surface area contributed by atoms with Crippen molar-refractivity contribution in [1.29, 1.82) is 0 Å². The third-order valence-electron chi connectivity index (χ3n) is 5.73. The number of aromatic nitrogens is 4. The van der Waals surface area contributed by atoms with Crippen LogP contribution in [0.5, 0.6) is 0 Å². The van der Waals surface area contributed by atoms with Gasteiger partial charge in [0.15, 0.2) is 11.5 Å². The summed E-state index contributed by atoms with van der Waals surface area (Å²) in [4.78, 5) is 43.0. The molecule has 0 radical (unpaired) electrons. The van der Waals surface area contributed by atoms with E-state index in [9.17, 15) is 18.4 Å². The molecule has 2 N–H and O–H groups in total. The van der Waals surface area contributed by atoms with Gasteiger partial charge in [0.1, 0.15) is 17.5 Å². The highest BCUT2D eigenvalue weighted by Gasteiger charge is 2.35. The maximum atomic E-state index is 13.6. The maximum absolute atomic E-state index is 13.6.